The minimum atomic E-state index is 0.173. The Labute approximate surface area is 157 Å². The molecule has 1 N–H and O–H groups in total. The Balaban J connectivity index is 1.28. The zero-order chi connectivity index (χ0) is 17.9. The van der Waals surface area contributed by atoms with Crippen LogP contribution in [0.15, 0.2) is 22.6 Å². The number of halogens is 1. The van der Waals surface area contributed by atoms with E-state index in [1.165, 1.54) is 0 Å². The van der Waals surface area contributed by atoms with Crippen LogP contribution in [0.25, 0.3) is 11.1 Å². The van der Waals surface area contributed by atoms with Gasteiger partial charge in [0.15, 0.2) is 5.58 Å². The SMILES string of the molecule is O=C(CC1CCN(c2nc3cc(Cl)ccc3o2)CC1)NC1CCOCC1. The summed E-state index contributed by atoms with van der Waals surface area (Å²) >= 11 is 6.01. The first-order chi connectivity index (χ1) is 12.7. The second kappa shape index (κ2) is 7.84. The molecule has 26 heavy (non-hydrogen) atoms. The second-order valence-corrected chi connectivity index (χ2v) is 7.63. The van der Waals surface area contributed by atoms with Crippen LogP contribution < -0.4 is 10.2 Å². The smallest absolute Gasteiger partial charge is 0.298 e. The Hall–Kier alpha value is -1.79. The highest BCUT2D eigenvalue weighted by Crippen LogP contribution is 2.28. The normalized spacial score (nSPS) is 19.8. The van der Waals surface area contributed by atoms with Gasteiger partial charge in [0, 0.05) is 43.8 Å². The molecule has 2 aliphatic rings. The van der Waals surface area contributed by atoms with E-state index in [2.05, 4.69) is 15.2 Å². The van der Waals surface area contributed by atoms with Crippen molar-refractivity contribution >= 4 is 34.6 Å². The monoisotopic (exact) mass is 377 g/mol. The van der Waals surface area contributed by atoms with Gasteiger partial charge in [-0.3, -0.25) is 4.79 Å². The van der Waals surface area contributed by atoms with Crippen LogP contribution in [-0.2, 0) is 9.53 Å². The number of fused-ring (bicyclic) bond motifs is 1. The van der Waals surface area contributed by atoms with Crippen LogP contribution in [-0.4, -0.2) is 43.2 Å². The Morgan fingerprint density at radius 2 is 2.00 bits per heavy atom. The number of aromatic nitrogens is 1. The molecule has 2 aromatic rings. The minimum Gasteiger partial charge on any atom is -0.423 e. The highest BCUT2D eigenvalue weighted by atomic mass is 35.5. The summed E-state index contributed by atoms with van der Waals surface area (Å²) in [7, 11) is 0. The van der Waals surface area contributed by atoms with Crippen LogP contribution in [0.4, 0.5) is 6.01 Å². The summed E-state index contributed by atoms with van der Waals surface area (Å²) in [6, 6.07) is 6.40. The third-order valence-corrected chi connectivity index (χ3v) is 5.52. The fourth-order valence-electron chi connectivity index (χ4n) is 3.74. The molecule has 2 aliphatic heterocycles. The third-order valence-electron chi connectivity index (χ3n) is 5.28. The van der Waals surface area contributed by atoms with Gasteiger partial charge >= 0.3 is 0 Å². The summed E-state index contributed by atoms with van der Waals surface area (Å²) < 4.78 is 11.2. The lowest BCUT2D eigenvalue weighted by Crippen LogP contribution is -2.41. The highest BCUT2D eigenvalue weighted by Gasteiger charge is 2.25. The minimum absolute atomic E-state index is 0.173. The van der Waals surface area contributed by atoms with Crippen molar-refractivity contribution < 1.29 is 13.9 Å². The molecule has 7 heteroatoms. The Kier molecular flexibility index (Phi) is 5.31. The van der Waals surface area contributed by atoms with Crippen LogP contribution in [0, 0.1) is 5.92 Å². The number of ether oxygens (including phenoxy) is 1. The van der Waals surface area contributed by atoms with E-state index in [0.717, 1.165) is 63.1 Å². The van der Waals surface area contributed by atoms with E-state index in [0.29, 0.717) is 23.4 Å². The van der Waals surface area contributed by atoms with E-state index in [-0.39, 0.29) is 11.9 Å². The summed E-state index contributed by atoms with van der Waals surface area (Å²) in [5.41, 5.74) is 1.54. The van der Waals surface area contributed by atoms with Crippen molar-refractivity contribution in [2.75, 3.05) is 31.2 Å². The molecule has 0 aliphatic carbocycles. The van der Waals surface area contributed by atoms with E-state index in [4.69, 9.17) is 20.8 Å². The summed E-state index contributed by atoms with van der Waals surface area (Å²) in [6.07, 6.45) is 4.40. The van der Waals surface area contributed by atoms with Crippen molar-refractivity contribution in [1.29, 1.82) is 0 Å². The zero-order valence-electron chi connectivity index (χ0n) is 14.7. The lowest BCUT2D eigenvalue weighted by Gasteiger charge is -2.31. The van der Waals surface area contributed by atoms with Crippen molar-refractivity contribution in [2.45, 2.75) is 38.1 Å². The molecular formula is C19H24ClN3O3. The lowest BCUT2D eigenvalue weighted by atomic mass is 9.93. The summed E-state index contributed by atoms with van der Waals surface area (Å²) in [5, 5.41) is 3.82. The van der Waals surface area contributed by atoms with E-state index in [1.54, 1.807) is 0 Å². The number of anilines is 1. The average molecular weight is 378 g/mol. The average Bonchev–Trinajstić information content (AvgIpc) is 3.06. The van der Waals surface area contributed by atoms with Gasteiger partial charge in [0.1, 0.15) is 5.52 Å². The van der Waals surface area contributed by atoms with E-state index in [1.807, 2.05) is 18.2 Å². The van der Waals surface area contributed by atoms with Crippen LogP contribution in [0.1, 0.15) is 32.1 Å². The maximum atomic E-state index is 12.3. The maximum absolute atomic E-state index is 12.3. The van der Waals surface area contributed by atoms with Crippen molar-refractivity contribution in [1.82, 2.24) is 10.3 Å². The zero-order valence-corrected chi connectivity index (χ0v) is 15.5. The second-order valence-electron chi connectivity index (χ2n) is 7.20. The van der Waals surface area contributed by atoms with Crippen LogP contribution >= 0.6 is 11.6 Å². The summed E-state index contributed by atoms with van der Waals surface area (Å²) in [6.45, 7) is 3.21. The molecule has 0 bridgehead atoms. The van der Waals surface area contributed by atoms with Gasteiger partial charge in [0.25, 0.3) is 6.01 Å². The number of carbonyl (C=O) groups is 1. The summed E-state index contributed by atoms with van der Waals surface area (Å²) in [5.74, 6) is 0.594. The number of piperidine rings is 1. The molecule has 1 aromatic heterocycles. The molecule has 0 spiro atoms. The highest BCUT2D eigenvalue weighted by molar-refractivity contribution is 6.31. The molecule has 2 fully saturated rings. The number of nitrogens with zero attached hydrogens (tertiary/aromatic N) is 2. The lowest BCUT2D eigenvalue weighted by molar-refractivity contribution is -0.123. The van der Waals surface area contributed by atoms with Crippen molar-refractivity contribution in [3.05, 3.63) is 23.2 Å². The van der Waals surface area contributed by atoms with Gasteiger partial charge in [-0.15, -0.1) is 0 Å². The maximum Gasteiger partial charge on any atom is 0.298 e. The van der Waals surface area contributed by atoms with Gasteiger partial charge in [0.2, 0.25) is 5.91 Å². The standard InChI is InChI=1S/C19H24ClN3O3/c20-14-1-2-17-16(12-14)22-19(26-17)23-7-3-13(4-8-23)11-18(24)21-15-5-9-25-10-6-15/h1-2,12-13,15H,3-11H2,(H,21,24). The van der Waals surface area contributed by atoms with Gasteiger partial charge in [-0.1, -0.05) is 11.6 Å². The van der Waals surface area contributed by atoms with E-state index in [9.17, 15) is 4.79 Å². The number of hydrogen-bond acceptors (Lipinski definition) is 5. The Bertz CT molecular complexity index is 764. The first-order valence-electron chi connectivity index (χ1n) is 9.35. The molecule has 0 atom stereocenters. The predicted octanol–water partition coefficient (Wildman–Crippen LogP) is 3.38. The van der Waals surface area contributed by atoms with Crippen LogP contribution in [0.5, 0.6) is 0 Å². The Morgan fingerprint density at radius 1 is 1.23 bits per heavy atom. The number of hydrogen-bond donors (Lipinski definition) is 1. The van der Waals surface area contributed by atoms with E-state index >= 15 is 0 Å². The molecule has 2 saturated heterocycles. The van der Waals surface area contributed by atoms with Gasteiger partial charge < -0.3 is 19.4 Å². The van der Waals surface area contributed by atoms with Crippen molar-refractivity contribution in [2.24, 2.45) is 5.92 Å². The number of nitrogens with one attached hydrogen (secondary N) is 1. The topological polar surface area (TPSA) is 67.6 Å². The molecular weight excluding hydrogens is 354 g/mol. The van der Waals surface area contributed by atoms with Crippen LogP contribution in [0.2, 0.25) is 5.02 Å². The van der Waals surface area contributed by atoms with Gasteiger partial charge in [-0.2, -0.15) is 4.98 Å². The van der Waals surface area contributed by atoms with Crippen molar-refractivity contribution in [3.8, 4) is 0 Å². The first kappa shape index (κ1) is 17.6. The third kappa shape index (κ3) is 4.13. The quantitative estimate of drug-likeness (QED) is 0.884. The molecule has 4 rings (SSSR count). The first-order valence-corrected chi connectivity index (χ1v) is 9.73. The predicted molar refractivity (Wildman–Crippen MR) is 101 cm³/mol. The fraction of sp³-hybridized carbons (Fsp3) is 0.579. The number of amides is 1. The van der Waals surface area contributed by atoms with Crippen molar-refractivity contribution in [3.63, 3.8) is 0 Å². The molecule has 1 aromatic carbocycles. The molecule has 6 nitrogen and oxygen atoms in total. The van der Waals surface area contributed by atoms with Gasteiger partial charge in [-0.05, 0) is 49.8 Å². The molecule has 0 saturated carbocycles. The molecule has 3 heterocycles. The fourth-order valence-corrected chi connectivity index (χ4v) is 3.91. The van der Waals surface area contributed by atoms with Gasteiger partial charge in [-0.25, -0.2) is 0 Å². The van der Waals surface area contributed by atoms with E-state index < -0.39 is 0 Å². The van der Waals surface area contributed by atoms with Crippen LogP contribution in [0.3, 0.4) is 0 Å². The van der Waals surface area contributed by atoms with Gasteiger partial charge in [0.05, 0.1) is 0 Å². The Morgan fingerprint density at radius 3 is 2.77 bits per heavy atom. The molecule has 140 valence electrons. The number of carbonyl (C=O) groups excluding carboxylic acids is 1. The molecule has 0 radical (unpaired) electrons. The largest absolute Gasteiger partial charge is 0.423 e. The number of benzene rings is 1. The number of rotatable bonds is 4. The molecule has 0 unspecified atom stereocenters. The summed E-state index contributed by atoms with van der Waals surface area (Å²) in [4.78, 5) is 19.0. The number of oxazole rings is 1. The molecule has 1 amide bonds.